The molecule has 3 rings (SSSR count). The number of allylic oxidation sites excluding steroid dienone is 1. The summed E-state index contributed by atoms with van der Waals surface area (Å²) in [5, 5.41) is 0.240. The molecule has 1 unspecified atom stereocenters. The van der Waals surface area contributed by atoms with E-state index in [0.29, 0.717) is 17.1 Å². The van der Waals surface area contributed by atoms with Crippen molar-refractivity contribution in [2.75, 3.05) is 0 Å². The van der Waals surface area contributed by atoms with Gasteiger partial charge in [0.2, 0.25) is 5.91 Å². The highest BCUT2D eigenvalue weighted by Gasteiger charge is 2.19. The minimum Gasteiger partial charge on any atom is -0.369 e. The van der Waals surface area contributed by atoms with Crippen LogP contribution in [0.15, 0.2) is 51.8 Å². The first-order valence-corrected chi connectivity index (χ1v) is 10.1. The van der Waals surface area contributed by atoms with E-state index >= 15 is 0 Å². The van der Waals surface area contributed by atoms with Crippen LogP contribution in [0.2, 0.25) is 5.02 Å². The first-order valence-electron chi connectivity index (χ1n) is 7.28. The molecule has 0 saturated heterocycles. The van der Waals surface area contributed by atoms with Crippen LogP contribution in [-0.2, 0) is 4.79 Å². The molecule has 3 aromatic rings. The predicted molar refractivity (Wildman–Crippen MR) is 109 cm³/mol. The maximum absolute atomic E-state index is 11.5. The van der Waals surface area contributed by atoms with Crippen LogP contribution in [-0.4, -0.2) is 21.1 Å². The van der Waals surface area contributed by atoms with Crippen molar-refractivity contribution in [2.24, 2.45) is 5.73 Å². The van der Waals surface area contributed by atoms with E-state index in [4.69, 9.17) is 17.3 Å². The molecule has 0 aliphatic rings. The second-order valence-corrected chi connectivity index (χ2v) is 8.88. The van der Waals surface area contributed by atoms with Gasteiger partial charge in [-0.05, 0) is 34.5 Å². The number of carbonyl (C=O) groups is 1. The van der Waals surface area contributed by atoms with E-state index in [9.17, 15) is 4.79 Å². The van der Waals surface area contributed by atoms with Gasteiger partial charge < -0.3 is 5.73 Å². The standard InChI is InChI=1S/C17H13BrClN3OS2/c1-2-5-12(15(20)23)24-17-22-16-13(25-17)8-10(18)14(21-16)9-6-3-4-7-11(9)19/h2-4,6-8,12H,1,5H2,(H2,20,23). The number of amides is 1. The van der Waals surface area contributed by atoms with E-state index in [1.165, 1.54) is 23.1 Å². The summed E-state index contributed by atoms with van der Waals surface area (Å²) in [6.07, 6.45) is 2.18. The number of carbonyl (C=O) groups excluding carboxylic acids is 1. The van der Waals surface area contributed by atoms with Gasteiger partial charge in [-0.15, -0.1) is 17.9 Å². The lowest BCUT2D eigenvalue weighted by Crippen LogP contribution is -2.24. The number of nitrogens with two attached hydrogens (primary N) is 1. The predicted octanol–water partition coefficient (Wildman–Crippen LogP) is 5.30. The molecule has 0 aliphatic carbocycles. The Morgan fingerprint density at radius 2 is 2.20 bits per heavy atom. The van der Waals surface area contributed by atoms with E-state index < -0.39 is 0 Å². The zero-order chi connectivity index (χ0) is 18.0. The monoisotopic (exact) mass is 453 g/mol. The molecule has 1 amide bonds. The van der Waals surface area contributed by atoms with Gasteiger partial charge in [-0.1, -0.05) is 47.6 Å². The normalized spacial score (nSPS) is 12.2. The number of nitrogens with zero attached hydrogens (tertiary/aromatic N) is 2. The highest BCUT2D eigenvalue weighted by molar-refractivity contribution is 9.10. The van der Waals surface area contributed by atoms with Crippen LogP contribution in [0, 0.1) is 0 Å². The molecular formula is C17H13BrClN3OS2. The number of pyridine rings is 1. The summed E-state index contributed by atoms with van der Waals surface area (Å²) in [5.41, 5.74) is 7.62. The topological polar surface area (TPSA) is 68.9 Å². The number of rotatable bonds is 6. The summed E-state index contributed by atoms with van der Waals surface area (Å²) in [7, 11) is 0. The van der Waals surface area contributed by atoms with Crippen LogP contribution >= 0.6 is 50.6 Å². The van der Waals surface area contributed by atoms with Crippen LogP contribution in [0.3, 0.4) is 0 Å². The highest BCUT2D eigenvalue weighted by atomic mass is 79.9. The SMILES string of the molecule is C=CCC(Sc1nc2nc(-c3ccccc3Cl)c(Br)cc2s1)C(N)=O. The van der Waals surface area contributed by atoms with Gasteiger partial charge in [0.05, 0.1) is 15.6 Å². The highest BCUT2D eigenvalue weighted by Crippen LogP contribution is 2.38. The van der Waals surface area contributed by atoms with Gasteiger partial charge in [-0.3, -0.25) is 4.79 Å². The number of primary amides is 1. The Balaban J connectivity index is 2.00. The quantitative estimate of drug-likeness (QED) is 0.405. The number of fused-ring (bicyclic) bond motifs is 1. The molecule has 0 bridgehead atoms. The molecule has 25 heavy (non-hydrogen) atoms. The summed E-state index contributed by atoms with van der Waals surface area (Å²) >= 11 is 12.7. The smallest absolute Gasteiger partial charge is 0.231 e. The molecule has 128 valence electrons. The van der Waals surface area contributed by atoms with Gasteiger partial charge in [-0.2, -0.15) is 0 Å². The second kappa shape index (κ2) is 7.86. The van der Waals surface area contributed by atoms with Crippen LogP contribution in [0.25, 0.3) is 21.6 Å². The number of thioether (sulfide) groups is 1. The first-order chi connectivity index (χ1) is 12.0. The molecule has 0 spiro atoms. The van der Waals surface area contributed by atoms with Gasteiger partial charge in [0.15, 0.2) is 9.99 Å². The van der Waals surface area contributed by atoms with Gasteiger partial charge in [0.25, 0.3) is 0 Å². The molecular weight excluding hydrogens is 442 g/mol. The van der Waals surface area contributed by atoms with Crippen molar-refractivity contribution in [3.8, 4) is 11.3 Å². The molecule has 2 aromatic heterocycles. The van der Waals surface area contributed by atoms with E-state index in [-0.39, 0.29) is 11.2 Å². The number of hydrogen-bond acceptors (Lipinski definition) is 5. The third kappa shape index (κ3) is 4.06. The van der Waals surface area contributed by atoms with Crippen molar-refractivity contribution in [1.29, 1.82) is 0 Å². The number of thiazole rings is 1. The van der Waals surface area contributed by atoms with Crippen LogP contribution in [0.1, 0.15) is 6.42 Å². The van der Waals surface area contributed by atoms with Crippen molar-refractivity contribution >= 4 is 66.9 Å². The van der Waals surface area contributed by atoms with Crippen LogP contribution < -0.4 is 5.73 Å². The minimum absolute atomic E-state index is 0.380. The fourth-order valence-electron chi connectivity index (χ4n) is 2.21. The lowest BCUT2D eigenvalue weighted by atomic mass is 10.1. The third-order valence-corrected chi connectivity index (χ3v) is 6.65. The third-order valence-electron chi connectivity index (χ3n) is 3.39. The van der Waals surface area contributed by atoms with Gasteiger partial charge in [0.1, 0.15) is 0 Å². The molecule has 8 heteroatoms. The molecule has 0 fully saturated rings. The Bertz CT molecular complexity index is 960. The summed E-state index contributed by atoms with van der Waals surface area (Å²) in [6, 6.07) is 9.49. The number of hydrogen-bond donors (Lipinski definition) is 1. The summed E-state index contributed by atoms with van der Waals surface area (Å²) in [5.74, 6) is -0.380. The summed E-state index contributed by atoms with van der Waals surface area (Å²) < 4.78 is 2.51. The lowest BCUT2D eigenvalue weighted by Gasteiger charge is -2.07. The van der Waals surface area contributed by atoms with Crippen molar-refractivity contribution in [3.05, 3.63) is 52.5 Å². The van der Waals surface area contributed by atoms with E-state index in [0.717, 1.165) is 24.8 Å². The zero-order valence-corrected chi connectivity index (χ0v) is 16.9. The fourth-order valence-corrected chi connectivity index (χ4v) is 5.34. The maximum atomic E-state index is 11.5. The zero-order valence-electron chi connectivity index (χ0n) is 12.9. The molecule has 0 aliphatic heterocycles. The first kappa shape index (κ1) is 18.4. The Morgan fingerprint density at radius 1 is 1.44 bits per heavy atom. The number of benzene rings is 1. The second-order valence-electron chi connectivity index (χ2n) is 5.13. The molecule has 0 saturated carbocycles. The molecule has 0 radical (unpaired) electrons. The Morgan fingerprint density at radius 3 is 2.88 bits per heavy atom. The van der Waals surface area contributed by atoms with Crippen LogP contribution in [0.5, 0.6) is 0 Å². The van der Waals surface area contributed by atoms with Gasteiger partial charge in [0, 0.05) is 15.1 Å². The minimum atomic E-state index is -0.385. The Hall–Kier alpha value is -1.41. The number of halogens is 2. The van der Waals surface area contributed by atoms with E-state index in [1.54, 1.807) is 6.08 Å². The molecule has 2 N–H and O–H groups in total. The number of aromatic nitrogens is 2. The summed E-state index contributed by atoms with van der Waals surface area (Å²) in [4.78, 5) is 20.7. The molecule has 4 nitrogen and oxygen atoms in total. The van der Waals surface area contributed by atoms with Crippen molar-refractivity contribution < 1.29 is 4.79 Å². The largest absolute Gasteiger partial charge is 0.369 e. The molecule has 1 aromatic carbocycles. The average molecular weight is 455 g/mol. The van der Waals surface area contributed by atoms with E-state index in [2.05, 4.69) is 32.5 Å². The van der Waals surface area contributed by atoms with Gasteiger partial charge in [-0.25, -0.2) is 9.97 Å². The maximum Gasteiger partial charge on any atom is 0.231 e. The van der Waals surface area contributed by atoms with Crippen molar-refractivity contribution in [2.45, 2.75) is 16.0 Å². The summed E-state index contributed by atoms with van der Waals surface area (Å²) in [6.45, 7) is 3.66. The Kier molecular flexibility index (Phi) is 5.78. The average Bonchev–Trinajstić information content (AvgIpc) is 2.95. The van der Waals surface area contributed by atoms with Crippen molar-refractivity contribution in [3.63, 3.8) is 0 Å². The van der Waals surface area contributed by atoms with E-state index in [1.807, 2.05) is 30.3 Å². The van der Waals surface area contributed by atoms with Crippen LogP contribution in [0.4, 0.5) is 0 Å². The van der Waals surface area contributed by atoms with Gasteiger partial charge >= 0.3 is 0 Å². The fraction of sp³-hybridized carbons (Fsp3) is 0.118. The molecule has 2 heterocycles. The lowest BCUT2D eigenvalue weighted by molar-refractivity contribution is -0.117. The Labute approximate surface area is 166 Å². The molecule has 1 atom stereocenters. The van der Waals surface area contributed by atoms with Crippen molar-refractivity contribution in [1.82, 2.24) is 9.97 Å².